The summed E-state index contributed by atoms with van der Waals surface area (Å²) in [6.07, 6.45) is 3.54. The van der Waals surface area contributed by atoms with Crippen LogP contribution in [0.2, 0.25) is 0 Å². The molecule has 0 radical (unpaired) electrons. The Morgan fingerprint density at radius 3 is 2.71 bits per heavy atom. The Hall–Kier alpha value is -1.49. The lowest BCUT2D eigenvalue weighted by Gasteiger charge is -2.07. The number of pyridine rings is 1. The molecule has 1 saturated carbocycles. The molecule has 1 aliphatic rings. The van der Waals surface area contributed by atoms with Crippen LogP contribution in [-0.2, 0) is 0 Å². The maximum absolute atomic E-state index is 10.4. The molecule has 2 N–H and O–H groups in total. The van der Waals surface area contributed by atoms with Crippen LogP contribution in [0.3, 0.4) is 0 Å². The van der Waals surface area contributed by atoms with E-state index >= 15 is 0 Å². The Morgan fingerprint density at radius 1 is 1.57 bits per heavy atom. The highest BCUT2D eigenvalue weighted by atomic mass is 16.6. The lowest BCUT2D eigenvalue weighted by Crippen LogP contribution is -2.13. The van der Waals surface area contributed by atoms with E-state index in [1.54, 1.807) is 6.07 Å². The van der Waals surface area contributed by atoms with Crippen molar-refractivity contribution in [1.29, 1.82) is 0 Å². The van der Waals surface area contributed by atoms with E-state index in [4.69, 9.17) is 5.73 Å². The van der Waals surface area contributed by atoms with E-state index in [1.165, 1.54) is 12.3 Å². The first-order chi connectivity index (χ1) is 6.68. The minimum absolute atomic E-state index is 0.0109. The molecule has 1 heterocycles. The Morgan fingerprint density at radius 2 is 2.29 bits per heavy atom. The third-order valence-corrected chi connectivity index (χ3v) is 2.45. The summed E-state index contributed by atoms with van der Waals surface area (Å²) < 4.78 is 0. The molecule has 1 unspecified atom stereocenters. The zero-order chi connectivity index (χ0) is 10.1. The van der Waals surface area contributed by atoms with E-state index in [1.807, 2.05) is 0 Å². The van der Waals surface area contributed by atoms with Crippen molar-refractivity contribution in [3.05, 3.63) is 34.1 Å². The van der Waals surface area contributed by atoms with Crippen LogP contribution in [0.5, 0.6) is 0 Å². The Balaban J connectivity index is 2.16. The van der Waals surface area contributed by atoms with Crippen molar-refractivity contribution in [2.75, 3.05) is 0 Å². The van der Waals surface area contributed by atoms with Gasteiger partial charge in [0, 0.05) is 12.1 Å². The largest absolute Gasteiger partial charge is 0.322 e. The summed E-state index contributed by atoms with van der Waals surface area (Å²) in [5, 5.41) is 10.4. The van der Waals surface area contributed by atoms with Gasteiger partial charge >= 0.3 is 0 Å². The molecule has 0 aliphatic heterocycles. The van der Waals surface area contributed by atoms with E-state index in [0.717, 1.165) is 18.5 Å². The zero-order valence-corrected chi connectivity index (χ0v) is 7.59. The standard InChI is InChI=1S/C9H11N3O2/c10-9(6-1-2-6)8-4-3-7(5-11-8)12(13)14/h3-6,9H,1-2,10H2. The molecule has 5 heteroatoms. The first kappa shape index (κ1) is 9.08. The monoisotopic (exact) mass is 193 g/mol. The van der Waals surface area contributed by atoms with E-state index in [-0.39, 0.29) is 11.7 Å². The average Bonchev–Trinajstić information content (AvgIpc) is 3.00. The van der Waals surface area contributed by atoms with Gasteiger partial charge in [0.05, 0.1) is 10.6 Å². The molecule has 1 atom stereocenters. The summed E-state index contributed by atoms with van der Waals surface area (Å²) >= 11 is 0. The van der Waals surface area contributed by atoms with Gasteiger partial charge in [-0.05, 0) is 24.8 Å². The molecule has 1 aromatic rings. The van der Waals surface area contributed by atoms with Crippen molar-refractivity contribution < 1.29 is 4.92 Å². The van der Waals surface area contributed by atoms with Crippen molar-refractivity contribution in [2.45, 2.75) is 18.9 Å². The summed E-state index contributed by atoms with van der Waals surface area (Å²) in [6.45, 7) is 0. The van der Waals surface area contributed by atoms with Gasteiger partial charge in [-0.25, -0.2) is 0 Å². The maximum Gasteiger partial charge on any atom is 0.287 e. The van der Waals surface area contributed by atoms with Crippen molar-refractivity contribution in [2.24, 2.45) is 11.7 Å². The predicted molar refractivity (Wildman–Crippen MR) is 50.5 cm³/mol. The van der Waals surface area contributed by atoms with Gasteiger partial charge < -0.3 is 5.73 Å². The minimum atomic E-state index is -0.459. The third kappa shape index (κ3) is 1.72. The fraction of sp³-hybridized carbons (Fsp3) is 0.444. The molecule has 74 valence electrons. The molecule has 0 saturated heterocycles. The maximum atomic E-state index is 10.4. The van der Waals surface area contributed by atoms with E-state index in [9.17, 15) is 10.1 Å². The summed E-state index contributed by atoms with van der Waals surface area (Å²) in [6, 6.07) is 3.03. The molecule has 0 amide bonds. The van der Waals surface area contributed by atoms with E-state index in [0.29, 0.717) is 5.92 Å². The number of hydrogen-bond acceptors (Lipinski definition) is 4. The molecular weight excluding hydrogens is 182 g/mol. The van der Waals surface area contributed by atoms with Crippen LogP contribution in [0, 0.1) is 16.0 Å². The molecule has 0 bridgehead atoms. The number of nitrogens with zero attached hydrogens (tertiary/aromatic N) is 2. The molecule has 1 fully saturated rings. The van der Waals surface area contributed by atoms with Crippen molar-refractivity contribution in [1.82, 2.24) is 4.98 Å². The molecule has 1 aromatic heterocycles. The number of nitro groups is 1. The van der Waals surface area contributed by atoms with Gasteiger partial charge in [-0.2, -0.15) is 0 Å². The normalized spacial score (nSPS) is 17.8. The molecule has 0 spiro atoms. The summed E-state index contributed by atoms with van der Waals surface area (Å²) in [4.78, 5) is 13.9. The molecule has 14 heavy (non-hydrogen) atoms. The average molecular weight is 193 g/mol. The predicted octanol–water partition coefficient (Wildman–Crippen LogP) is 1.40. The lowest BCUT2D eigenvalue weighted by atomic mass is 10.1. The third-order valence-electron chi connectivity index (χ3n) is 2.45. The van der Waals surface area contributed by atoms with Gasteiger partial charge in [0.25, 0.3) is 5.69 Å². The summed E-state index contributed by atoms with van der Waals surface area (Å²) in [7, 11) is 0. The van der Waals surface area contributed by atoms with Crippen LogP contribution in [0.1, 0.15) is 24.6 Å². The van der Waals surface area contributed by atoms with Gasteiger partial charge in [-0.3, -0.25) is 15.1 Å². The van der Waals surface area contributed by atoms with Gasteiger partial charge in [0.2, 0.25) is 0 Å². The van der Waals surface area contributed by atoms with Gasteiger partial charge in [-0.1, -0.05) is 0 Å². The second-order valence-corrected chi connectivity index (χ2v) is 3.56. The fourth-order valence-corrected chi connectivity index (χ4v) is 1.40. The number of aromatic nitrogens is 1. The van der Waals surface area contributed by atoms with Crippen LogP contribution >= 0.6 is 0 Å². The van der Waals surface area contributed by atoms with Gasteiger partial charge in [0.1, 0.15) is 6.20 Å². The SMILES string of the molecule is NC(c1ccc([N+](=O)[O-])cn1)C1CC1. The Kier molecular flexibility index (Phi) is 2.17. The second kappa shape index (κ2) is 3.34. The highest BCUT2D eigenvalue weighted by Gasteiger charge is 2.30. The molecule has 2 rings (SSSR count). The minimum Gasteiger partial charge on any atom is -0.322 e. The van der Waals surface area contributed by atoms with Crippen molar-refractivity contribution in [3.63, 3.8) is 0 Å². The quantitative estimate of drug-likeness (QED) is 0.581. The molecule has 0 aromatic carbocycles. The van der Waals surface area contributed by atoms with Crippen molar-refractivity contribution >= 4 is 5.69 Å². The van der Waals surface area contributed by atoms with E-state index < -0.39 is 4.92 Å². The summed E-state index contributed by atoms with van der Waals surface area (Å²) in [5.41, 5.74) is 6.65. The smallest absolute Gasteiger partial charge is 0.287 e. The summed E-state index contributed by atoms with van der Waals surface area (Å²) in [5.74, 6) is 0.518. The molecule has 1 aliphatic carbocycles. The van der Waals surface area contributed by atoms with Crippen LogP contribution in [0.4, 0.5) is 5.69 Å². The van der Waals surface area contributed by atoms with Crippen LogP contribution < -0.4 is 5.73 Å². The van der Waals surface area contributed by atoms with E-state index in [2.05, 4.69) is 4.98 Å². The van der Waals surface area contributed by atoms with Crippen LogP contribution in [-0.4, -0.2) is 9.91 Å². The highest BCUT2D eigenvalue weighted by Crippen LogP contribution is 2.38. The Labute approximate surface area is 81.1 Å². The molecule has 5 nitrogen and oxygen atoms in total. The Bertz CT molecular complexity index is 346. The number of nitrogens with two attached hydrogens (primary N) is 1. The second-order valence-electron chi connectivity index (χ2n) is 3.56. The first-order valence-electron chi connectivity index (χ1n) is 4.54. The fourth-order valence-electron chi connectivity index (χ4n) is 1.40. The number of hydrogen-bond donors (Lipinski definition) is 1. The number of rotatable bonds is 3. The van der Waals surface area contributed by atoms with Gasteiger partial charge in [0.15, 0.2) is 0 Å². The molecular formula is C9H11N3O2. The van der Waals surface area contributed by atoms with Crippen LogP contribution in [0.15, 0.2) is 18.3 Å². The first-order valence-corrected chi connectivity index (χ1v) is 4.54. The zero-order valence-electron chi connectivity index (χ0n) is 7.59. The van der Waals surface area contributed by atoms with Crippen LogP contribution in [0.25, 0.3) is 0 Å². The topological polar surface area (TPSA) is 82.0 Å². The van der Waals surface area contributed by atoms with Gasteiger partial charge in [-0.15, -0.1) is 0 Å². The highest BCUT2D eigenvalue weighted by molar-refractivity contribution is 5.28. The lowest BCUT2D eigenvalue weighted by molar-refractivity contribution is -0.385. The van der Waals surface area contributed by atoms with Crippen molar-refractivity contribution in [3.8, 4) is 0 Å².